The van der Waals surface area contributed by atoms with Crippen LogP contribution in [0, 0.1) is 0 Å². The first-order chi connectivity index (χ1) is 35.8. The van der Waals surface area contributed by atoms with Gasteiger partial charge >= 0.3 is 18.1 Å². The lowest BCUT2D eigenvalue weighted by molar-refractivity contribution is -0.191. The van der Waals surface area contributed by atoms with Crippen molar-refractivity contribution in [2.24, 2.45) is 0 Å². The van der Waals surface area contributed by atoms with Crippen LogP contribution in [-0.2, 0) is 32.2 Å². The molecule has 0 radical (unpaired) electrons. The van der Waals surface area contributed by atoms with E-state index in [4.69, 9.17) is 29.0 Å². The van der Waals surface area contributed by atoms with E-state index in [1.165, 1.54) is 0 Å². The minimum Gasteiger partial charge on any atom is -0.461 e. The number of aromatic amines is 1. The van der Waals surface area contributed by atoms with Crippen molar-refractivity contribution in [3.8, 4) is 33.8 Å². The minimum absolute atomic E-state index is 0.250. The predicted molar refractivity (Wildman–Crippen MR) is 279 cm³/mol. The molecule has 358 valence electrons. The molecule has 0 unspecified atom stereocenters. The highest BCUT2D eigenvalue weighted by Crippen LogP contribution is 2.40. The van der Waals surface area contributed by atoms with Gasteiger partial charge in [-0.1, -0.05) is 61.5 Å². The number of hydrogen-bond donors (Lipinski definition) is 1. The Balaban J connectivity index is 0.000000190. The second-order valence-electron chi connectivity index (χ2n) is 16.7. The number of aromatic nitrogens is 9. The molecule has 73 heavy (non-hydrogen) atoms. The molecule has 0 aliphatic heterocycles. The van der Waals surface area contributed by atoms with Gasteiger partial charge in [0.25, 0.3) is 0 Å². The van der Waals surface area contributed by atoms with Crippen LogP contribution in [-0.4, -0.2) is 75.3 Å². The summed E-state index contributed by atoms with van der Waals surface area (Å²) in [7, 11) is 0. The van der Waals surface area contributed by atoms with Crippen LogP contribution in [0.25, 0.3) is 99.2 Å². The lowest BCUT2D eigenvalue weighted by atomic mass is 10.1. The van der Waals surface area contributed by atoms with Gasteiger partial charge in [-0.25, -0.2) is 19.6 Å². The maximum atomic E-state index is 13.1. The van der Waals surface area contributed by atoms with Gasteiger partial charge in [-0.15, -0.1) is 0 Å². The fourth-order valence-electron chi connectivity index (χ4n) is 9.40. The number of pyridine rings is 6. The number of fused-ring (bicyclic) bond motifs is 9. The molecular weight excluding hydrogens is 919 g/mol. The first kappa shape index (κ1) is 47.0. The molecule has 1 N–H and O–H groups in total. The van der Waals surface area contributed by atoms with E-state index in [1.807, 2.05) is 79.0 Å². The van der Waals surface area contributed by atoms with E-state index in [2.05, 4.69) is 89.5 Å². The third kappa shape index (κ3) is 8.92. The topological polar surface area (TPSA) is 190 Å². The van der Waals surface area contributed by atoms with E-state index in [-0.39, 0.29) is 18.5 Å². The molecule has 0 saturated heterocycles. The normalized spacial score (nSPS) is 11.1. The summed E-state index contributed by atoms with van der Waals surface area (Å²) in [6.07, 6.45) is 11.7. The monoisotopic (exact) mass is 963 g/mol. The summed E-state index contributed by atoms with van der Waals surface area (Å²) in [5, 5.41) is 6.25. The van der Waals surface area contributed by atoms with Crippen LogP contribution in [0.1, 0.15) is 47.4 Å². The van der Waals surface area contributed by atoms with Gasteiger partial charge in [-0.3, -0.25) is 19.9 Å². The number of benzene rings is 3. The number of para-hydroxylation sites is 3. The molecular formula is C58H45N9O6. The first-order valence-corrected chi connectivity index (χ1v) is 23.6. The molecule has 0 fully saturated rings. The van der Waals surface area contributed by atoms with E-state index >= 15 is 0 Å². The Morgan fingerprint density at radius 3 is 1.48 bits per heavy atom. The summed E-state index contributed by atoms with van der Waals surface area (Å²) in [6.45, 7) is 6.77. The van der Waals surface area contributed by atoms with E-state index < -0.39 is 11.9 Å². The molecule has 0 atom stereocenters. The Labute approximate surface area is 417 Å². The fraction of sp³-hybridized carbons (Fsp3) is 0.121. The lowest BCUT2D eigenvalue weighted by Gasteiger charge is -2.16. The standard InChI is InChI=1S/C38H30N6O2.C19H15N3O2.CO2/c1-3-26-19-29-27-13-5-7-15-32(27)43(36(29)34(41-26)24-11-9-17-39-21-24)23-44-33-16-8-6-14-28(33)30-20-31(38(45)46-4-2)42-35(37(30)44)25-12-10-18-40-22-25;1-2-24-19(23)16-10-14-13-7-3-4-8-15(13)21-18(14)17(22-16)12-6-5-9-20-11-12;2-1-3/h5-22H,3-4,23H2,1-2H3;3-11,21H,2H2,1H3;. The zero-order valence-electron chi connectivity index (χ0n) is 39.9. The maximum Gasteiger partial charge on any atom is 0.373 e. The van der Waals surface area contributed by atoms with Crippen LogP contribution in [0.15, 0.2) is 165 Å². The average molecular weight is 964 g/mol. The maximum absolute atomic E-state index is 13.1. The number of rotatable bonds is 10. The van der Waals surface area contributed by atoms with Gasteiger partial charge in [0.05, 0.1) is 57.9 Å². The number of nitrogens with one attached hydrogen (secondary N) is 1. The van der Waals surface area contributed by atoms with Crippen LogP contribution in [0.5, 0.6) is 0 Å². The minimum atomic E-state index is -0.451. The third-order valence-corrected chi connectivity index (χ3v) is 12.5. The summed E-state index contributed by atoms with van der Waals surface area (Å²) in [6, 6.07) is 42.3. The Morgan fingerprint density at radius 2 is 0.973 bits per heavy atom. The number of H-pyrrole nitrogens is 1. The Morgan fingerprint density at radius 1 is 0.521 bits per heavy atom. The average Bonchev–Trinajstić information content (AvgIpc) is 4.09. The van der Waals surface area contributed by atoms with Crippen molar-refractivity contribution in [2.75, 3.05) is 13.2 Å². The van der Waals surface area contributed by atoms with E-state index in [0.29, 0.717) is 30.4 Å². The second kappa shape index (κ2) is 20.7. The molecule has 0 spiro atoms. The number of carbonyl (C=O) groups is 2. The quantitative estimate of drug-likeness (QED) is 0.128. The van der Waals surface area contributed by atoms with E-state index in [9.17, 15) is 9.59 Å². The van der Waals surface area contributed by atoms with Crippen molar-refractivity contribution in [2.45, 2.75) is 33.9 Å². The zero-order valence-corrected chi connectivity index (χ0v) is 39.9. The number of esters is 2. The Hall–Kier alpha value is -9.72. The Kier molecular flexibility index (Phi) is 13.3. The zero-order chi connectivity index (χ0) is 50.4. The fourth-order valence-corrected chi connectivity index (χ4v) is 9.40. The lowest BCUT2D eigenvalue weighted by Crippen LogP contribution is -2.11. The summed E-state index contributed by atoms with van der Waals surface area (Å²) in [4.78, 5) is 72.6. The van der Waals surface area contributed by atoms with Gasteiger partial charge in [0.1, 0.15) is 18.1 Å². The molecule has 12 aromatic rings. The molecule has 0 bridgehead atoms. The van der Waals surface area contributed by atoms with Crippen molar-refractivity contribution in [3.63, 3.8) is 0 Å². The summed E-state index contributed by atoms with van der Waals surface area (Å²) in [5.41, 5.74) is 12.4. The number of nitrogens with zero attached hydrogens (tertiary/aromatic N) is 8. The van der Waals surface area contributed by atoms with Gasteiger partial charge in [0, 0.05) is 97.4 Å². The highest BCUT2D eigenvalue weighted by molar-refractivity contribution is 6.15. The summed E-state index contributed by atoms with van der Waals surface area (Å²) < 4.78 is 15.2. The smallest absolute Gasteiger partial charge is 0.373 e. The van der Waals surface area contributed by atoms with Crippen molar-refractivity contribution in [3.05, 3.63) is 182 Å². The number of hydrogen-bond acceptors (Lipinski definition) is 12. The number of ether oxygens (including phenoxy) is 2. The van der Waals surface area contributed by atoms with Crippen molar-refractivity contribution in [1.82, 2.24) is 44.0 Å². The Bertz CT molecular complexity index is 4030. The van der Waals surface area contributed by atoms with Crippen LogP contribution >= 0.6 is 0 Å². The van der Waals surface area contributed by atoms with Crippen molar-refractivity contribution in [1.29, 1.82) is 0 Å². The van der Waals surface area contributed by atoms with Crippen LogP contribution < -0.4 is 0 Å². The molecule has 9 aromatic heterocycles. The van der Waals surface area contributed by atoms with Crippen LogP contribution in [0.4, 0.5) is 0 Å². The van der Waals surface area contributed by atoms with Gasteiger partial charge in [0.15, 0.2) is 0 Å². The molecule has 15 heteroatoms. The molecule has 0 aliphatic carbocycles. The highest BCUT2D eigenvalue weighted by atomic mass is 16.5. The van der Waals surface area contributed by atoms with Crippen molar-refractivity contribution < 1.29 is 28.7 Å². The SMILES string of the molecule is CCOC(=O)c1cc2c([nH]c3ccccc32)c(-c2cccnc2)n1.CCOC(=O)c1cc2c3ccccc3n(Cn3c4ccccc4c4cc(CC)nc(-c5cccnc5)c43)c2c(-c2cccnc2)n1.O=C=O. The van der Waals surface area contributed by atoms with Gasteiger partial charge < -0.3 is 23.6 Å². The van der Waals surface area contributed by atoms with E-state index in [1.54, 1.807) is 50.9 Å². The molecule has 15 nitrogen and oxygen atoms in total. The molecule has 3 aromatic carbocycles. The molecule has 0 saturated carbocycles. The number of aryl methyl sites for hydroxylation is 1. The molecule has 12 rings (SSSR count). The van der Waals surface area contributed by atoms with Gasteiger partial charge in [-0.2, -0.15) is 9.59 Å². The largest absolute Gasteiger partial charge is 0.461 e. The summed E-state index contributed by atoms with van der Waals surface area (Å²) >= 11 is 0. The van der Waals surface area contributed by atoms with Gasteiger partial charge in [0.2, 0.25) is 0 Å². The van der Waals surface area contributed by atoms with E-state index in [0.717, 1.165) is 99.9 Å². The molecule has 0 amide bonds. The van der Waals surface area contributed by atoms with Crippen LogP contribution in [0.3, 0.4) is 0 Å². The van der Waals surface area contributed by atoms with Crippen LogP contribution in [0.2, 0.25) is 0 Å². The first-order valence-electron chi connectivity index (χ1n) is 23.6. The number of carbonyl (C=O) groups excluding carboxylic acids is 4. The van der Waals surface area contributed by atoms with Crippen molar-refractivity contribution >= 4 is 83.5 Å². The summed E-state index contributed by atoms with van der Waals surface area (Å²) in [5.74, 6) is -0.873. The third-order valence-electron chi connectivity index (χ3n) is 12.5. The van der Waals surface area contributed by atoms with Gasteiger partial charge in [-0.05, 0) is 93.1 Å². The second-order valence-corrected chi connectivity index (χ2v) is 16.7. The molecule has 9 heterocycles. The predicted octanol–water partition coefficient (Wildman–Crippen LogP) is 11.4. The highest BCUT2D eigenvalue weighted by Gasteiger charge is 2.24. The molecule has 0 aliphatic rings.